The van der Waals surface area contributed by atoms with Crippen LogP contribution in [-0.2, 0) is 13.1 Å². The van der Waals surface area contributed by atoms with Gasteiger partial charge in [0.15, 0.2) is 0 Å². The number of hydrogen-bond acceptors (Lipinski definition) is 3. The number of imidazole rings is 2. The Morgan fingerprint density at radius 2 is 1.86 bits per heavy atom. The maximum Gasteiger partial charge on any atom is 0.201 e. The zero-order chi connectivity index (χ0) is 14.8. The first kappa shape index (κ1) is 14.2. The molecule has 7 heteroatoms. The van der Waals surface area contributed by atoms with Crippen LogP contribution in [0.3, 0.4) is 0 Å². The smallest absolute Gasteiger partial charge is 0.201 e. The van der Waals surface area contributed by atoms with Gasteiger partial charge in [-0.25, -0.2) is 9.97 Å². The fourth-order valence-electron chi connectivity index (χ4n) is 2.36. The van der Waals surface area contributed by atoms with E-state index in [2.05, 4.69) is 14.5 Å². The molecule has 110 valence electrons. The minimum atomic E-state index is 0.492. The number of hydrogen-bond donors (Lipinski definition) is 1. The molecule has 0 atom stereocenters. The molecule has 0 unspecified atom stereocenters. The van der Waals surface area contributed by atoms with E-state index in [-0.39, 0.29) is 0 Å². The average molecular weight is 324 g/mol. The van der Waals surface area contributed by atoms with Gasteiger partial charge in [0.1, 0.15) is 0 Å². The van der Waals surface area contributed by atoms with E-state index in [1.807, 2.05) is 23.2 Å². The zero-order valence-electron chi connectivity index (χ0n) is 11.3. The first-order chi connectivity index (χ1) is 10.1. The lowest BCUT2D eigenvalue weighted by atomic mass is 10.3. The summed E-state index contributed by atoms with van der Waals surface area (Å²) in [5, 5.41) is 1.01. The molecule has 21 heavy (non-hydrogen) atoms. The summed E-state index contributed by atoms with van der Waals surface area (Å²) in [6.45, 7) is 1.74. The van der Waals surface area contributed by atoms with Gasteiger partial charge in [0.25, 0.3) is 0 Å². The molecule has 1 aromatic carbocycles. The molecule has 0 radical (unpaired) electrons. The van der Waals surface area contributed by atoms with Crippen molar-refractivity contribution in [1.29, 1.82) is 0 Å². The predicted octanol–water partition coefficient (Wildman–Crippen LogP) is 3.60. The van der Waals surface area contributed by atoms with Gasteiger partial charge in [-0.3, -0.25) is 0 Å². The van der Waals surface area contributed by atoms with Crippen molar-refractivity contribution >= 4 is 40.2 Å². The van der Waals surface area contributed by atoms with E-state index in [9.17, 15) is 0 Å². The molecule has 5 nitrogen and oxygen atoms in total. The summed E-state index contributed by atoms with van der Waals surface area (Å²) in [6.07, 6.45) is 7.60. The fourth-order valence-corrected chi connectivity index (χ4v) is 2.67. The third-order valence-corrected chi connectivity index (χ3v) is 4.15. The van der Waals surface area contributed by atoms with E-state index in [4.69, 9.17) is 28.9 Å². The first-order valence-electron chi connectivity index (χ1n) is 6.71. The molecule has 0 spiro atoms. The van der Waals surface area contributed by atoms with Crippen molar-refractivity contribution in [2.45, 2.75) is 25.9 Å². The summed E-state index contributed by atoms with van der Waals surface area (Å²) in [5.74, 6) is 0.492. The quantitative estimate of drug-likeness (QED) is 0.729. The van der Waals surface area contributed by atoms with Crippen LogP contribution in [0.5, 0.6) is 0 Å². The van der Waals surface area contributed by atoms with Crippen LogP contribution in [-0.4, -0.2) is 19.1 Å². The van der Waals surface area contributed by atoms with Crippen LogP contribution in [0.15, 0.2) is 30.9 Å². The van der Waals surface area contributed by atoms with Crippen molar-refractivity contribution in [3.8, 4) is 0 Å². The largest absolute Gasteiger partial charge is 0.369 e. The van der Waals surface area contributed by atoms with Crippen LogP contribution < -0.4 is 5.73 Å². The Morgan fingerprint density at radius 1 is 1.10 bits per heavy atom. The Labute approximate surface area is 132 Å². The Bertz CT molecular complexity index is 748. The molecule has 3 rings (SSSR count). The highest BCUT2D eigenvalue weighted by molar-refractivity contribution is 6.42. The average Bonchev–Trinajstić information content (AvgIpc) is 3.05. The topological polar surface area (TPSA) is 61.7 Å². The van der Waals surface area contributed by atoms with Crippen molar-refractivity contribution in [1.82, 2.24) is 19.1 Å². The summed E-state index contributed by atoms with van der Waals surface area (Å²) in [6, 6.07) is 3.57. The molecular weight excluding hydrogens is 309 g/mol. The monoisotopic (exact) mass is 323 g/mol. The number of halogens is 2. The summed E-state index contributed by atoms with van der Waals surface area (Å²) < 4.78 is 4.04. The Kier molecular flexibility index (Phi) is 4.03. The van der Waals surface area contributed by atoms with Crippen LogP contribution in [0.25, 0.3) is 11.0 Å². The third kappa shape index (κ3) is 2.99. The predicted molar refractivity (Wildman–Crippen MR) is 85.6 cm³/mol. The zero-order valence-corrected chi connectivity index (χ0v) is 12.8. The minimum Gasteiger partial charge on any atom is -0.369 e. The molecule has 3 aromatic rings. The Balaban J connectivity index is 1.71. The number of aromatic nitrogens is 4. The van der Waals surface area contributed by atoms with E-state index in [0.29, 0.717) is 16.0 Å². The van der Waals surface area contributed by atoms with Crippen molar-refractivity contribution in [3.63, 3.8) is 0 Å². The summed E-state index contributed by atoms with van der Waals surface area (Å²) in [4.78, 5) is 8.35. The maximum absolute atomic E-state index is 6.07. The molecule has 0 saturated heterocycles. The molecular formula is C14H15Cl2N5. The van der Waals surface area contributed by atoms with Crippen molar-refractivity contribution in [3.05, 3.63) is 40.9 Å². The lowest BCUT2D eigenvalue weighted by Crippen LogP contribution is -2.04. The third-order valence-electron chi connectivity index (χ3n) is 3.43. The van der Waals surface area contributed by atoms with Crippen molar-refractivity contribution < 1.29 is 0 Å². The van der Waals surface area contributed by atoms with Gasteiger partial charge in [-0.1, -0.05) is 23.2 Å². The van der Waals surface area contributed by atoms with E-state index in [1.165, 1.54) is 0 Å². The summed E-state index contributed by atoms with van der Waals surface area (Å²) in [5.41, 5.74) is 7.68. The Hall–Kier alpha value is -1.72. The van der Waals surface area contributed by atoms with Gasteiger partial charge in [0, 0.05) is 25.5 Å². The summed E-state index contributed by atoms with van der Waals surface area (Å²) >= 11 is 12.1. The molecule has 0 bridgehead atoms. The fraction of sp³-hybridized carbons (Fsp3) is 0.286. The van der Waals surface area contributed by atoms with Crippen molar-refractivity contribution in [2.75, 3.05) is 5.73 Å². The van der Waals surface area contributed by atoms with E-state index >= 15 is 0 Å². The van der Waals surface area contributed by atoms with Gasteiger partial charge >= 0.3 is 0 Å². The highest BCUT2D eigenvalue weighted by Crippen LogP contribution is 2.29. The van der Waals surface area contributed by atoms with Gasteiger partial charge in [-0.2, -0.15) is 0 Å². The second kappa shape index (κ2) is 5.95. The molecule has 0 amide bonds. The van der Waals surface area contributed by atoms with Crippen LogP contribution in [0.2, 0.25) is 10.0 Å². The molecule has 0 aliphatic rings. The summed E-state index contributed by atoms with van der Waals surface area (Å²) in [7, 11) is 0. The molecule has 2 aromatic heterocycles. The van der Waals surface area contributed by atoms with Crippen LogP contribution >= 0.6 is 23.2 Å². The molecule has 0 aliphatic heterocycles. The lowest BCUT2D eigenvalue weighted by Gasteiger charge is -2.07. The molecule has 2 N–H and O–H groups in total. The number of fused-ring (bicyclic) bond motifs is 1. The van der Waals surface area contributed by atoms with Crippen LogP contribution in [0.4, 0.5) is 5.95 Å². The normalized spacial score (nSPS) is 11.3. The molecule has 0 aliphatic carbocycles. The van der Waals surface area contributed by atoms with Crippen LogP contribution in [0, 0.1) is 0 Å². The molecule has 0 fully saturated rings. The van der Waals surface area contributed by atoms with Gasteiger partial charge in [-0.05, 0) is 25.0 Å². The highest BCUT2D eigenvalue weighted by Gasteiger charge is 2.10. The van der Waals surface area contributed by atoms with E-state index in [1.54, 1.807) is 12.3 Å². The number of rotatable bonds is 5. The highest BCUT2D eigenvalue weighted by atomic mass is 35.5. The Morgan fingerprint density at radius 3 is 2.62 bits per heavy atom. The number of nitrogen functional groups attached to an aromatic ring is 1. The number of aryl methyl sites for hydroxylation is 2. The van der Waals surface area contributed by atoms with Gasteiger partial charge < -0.3 is 14.9 Å². The second-order valence-electron chi connectivity index (χ2n) is 4.88. The SMILES string of the molecule is Nc1nc2cc(Cl)c(Cl)cc2n1CCCCn1ccnc1. The number of nitrogens with zero attached hydrogens (tertiary/aromatic N) is 4. The number of anilines is 1. The maximum atomic E-state index is 6.07. The number of nitrogens with two attached hydrogens (primary N) is 1. The van der Waals surface area contributed by atoms with E-state index < -0.39 is 0 Å². The minimum absolute atomic E-state index is 0.492. The van der Waals surface area contributed by atoms with Gasteiger partial charge in [0.05, 0.1) is 27.4 Å². The first-order valence-corrected chi connectivity index (χ1v) is 7.47. The number of unbranched alkanes of at least 4 members (excludes halogenated alkanes) is 1. The van der Waals surface area contributed by atoms with Crippen LogP contribution in [0.1, 0.15) is 12.8 Å². The standard InChI is InChI=1S/C14H15Cl2N5/c15-10-7-12-13(8-11(10)16)21(14(17)19-12)5-2-1-4-20-6-3-18-9-20/h3,6-9H,1-2,4-5H2,(H2,17,19). The van der Waals surface area contributed by atoms with Crippen molar-refractivity contribution in [2.24, 2.45) is 0 Å². The number of benzene rings is 1. The molecule has 0 saturated carbocycles. The lowest BCUT2D eigenvalue weighted by molar-refractivity contribution is 0.562. The van der Waals surface area contributed by atoms with Gasteiger partial charge in [-0.15, -0.1) is 0 Å². The molecule has 2 heterocycles. The van der Waals surface area contributed by atoms with E-state index in [0.717, 1.165) is 37.0 Å². The van der Waals surface area contributed by atoms with Gasteiger partial charge in [0.2, 0.25) is 5.95 Å². The second-order valence-corrected chi connectivity index (χ2v) is 5.70.